The molecule has 1 aromatic carbocycles. The topological polar surface area (TPSA) is 76.4 Å². The van der Waals surface area contributed by atoms with Crippen LogP contribution in [0.4, 0.5) is 0 Å². The molecule has 0 amide bonds. The van der Waals surface area contributed by atoms with Crippen molar-refractivity contribution in [1.29, 1.82) is 0 Å². The summed E-state index contributed by atoms with van der Waals surface area (Å²) in [5.41, 5.74) is -0.261. The maximum atomic E-state index is 12.2. The lowest BCUT2D eigenvalue weighted by Gasteiger charge is -2.05. The number of rotatable bonds is 6. The van der Waals surface area contributed by atoms with E-state index in [4.69, 9.17) is 5.11 Å². The first-order valence-corrected chi connectivity index (χ1v) is 7.26. The highest BCUT2D eigenvalue weighted by atomic mass is 32.1. The zero-order chi connectivity index (χ0) is 14.5. The van der Waals surface area contributed by atoms with Crippen LogP contribution in [0.3, 0.4) is 0 Å². The number of aromatic nitrogens is 1. The van der Waals surface area contributed by atoms with E-state index in [9.17, 15) is 14.4 Å². The molecule has 0 spiro atoms. The van der Waals surface area contributed by atoms with Gasteiger partial charge in [0.1, 0.15) is 0 Å². The second-order valence-electron chi connectivity index (χ2n) is 4.53. The van der Waals surface area contributed by atoms with Crippen molar-refractivity contribution in [3.05, 3.63) is 44.3 Å². The minimum Gasteiger partial charge on any atom is -0.481 e. The number of hydrogen-bond donors (Lipinski definition) is 1. The van der Waals surface area contributed by atoms with Crippen LogP contribution in [-0.2, 0) is 11.3 Å². The third-order valence-electron chi connectivity index (χ3n) is 3.05. The van der Waals surface area contributed by atoms with E-state index in [2.05, 4.69) is 0 Å². The zero-order valence-electron chi connectivity index (χ0n) is 10.9. The molecule has 6 heteroatoms. The number of carboxylic acid groups (broad SMARTS) is 1. The van der Waals surface area contributed by atoms with E-state index in [1.165, 1.54) is 4.57 Å². The van der Waals surface area contributed by atoms with Crippen LogP contribution in [0.1, 0.15) is 25.7 Å². The largest absolute Gasteiger partial charge is 0.481 e. The van der Waals surface area contributed by atoms with Crippen molar-refractivity contribution in [3.63, 3.8) is 0 Å². The van der Waals surface area contributed by atoms with Gasteiger partial charge in [0, 0.05) is 17.7 Å². The fourth-order valence-electron chi connectivity index (χ4n) is 2.03. The predicted molar refractivity (Wildman–Crippen MR) is 78.5 cm³/mol. The third kappa shape index (κ3) is 3.33. The highest BCUT2D eigenvalue weighted by molar-refractivity contribution is 7.16. The van der Waals surface area contributed by atoms with Gasteiger partial charge >= 0.3 is 10.8 Å². The molecule has 0 aliphatic heterocycles. The van der Waals surface area contributed by atoms with Crippen LogP contribution in [0, 0.1) is 0 Å². The van der Waals surface area contributed by atoms with Crippen LogP contribution >= 0.6 is 11.3 Å². The summed E-state index contributed by atoms with van der Waals surface area (Å²) in [6.45, 7) is 0.346. The van der Waals surface area contributed by atoms with E-state index in [-0.39, 0.29) is 16.9 Å². The molecule has 1 N–H and O–H groups in total. The number of aliphatic carboxylic acids is 1. The van der Waals surface area contributed by atoms with Crippen LogP contribution in [-0.4, -0.2) is 15.6 Å². The van der Waals surface area contributed by atoms with E-state index in [0.717, 1.165) is 11.3 Å². The second-order valence-corrected chi connectivity index (χ2v) is 5.52. The molecule has 0 unspecified atom stereocenters. The Hall–Kier alpha value is -1.95. The van der Waals surface area contributed by atoms with Crippen LogP contribution in [0.15, 0.2) is 33.9 Å². The van der Waals surface area contributed by atoms with Gasteiger partial charge in [-0.2, -0.15) is 0 Å². The van der Waals surface area contributed by atoms with Crippen molar-refractivity contribution in [2.24, 2.45) is 0 Å². The molecule has 0 bridgehead atoms. The Bertz CT molecular complexity index is 732. The Morgan fingerprint density at radius 3 is 2.65 bits per heavy atom. The van der Waals surface area contributed by atoms with Gasteiger partial charge in [-0.3, -0.25) is 19.0 Å². The van der Waals surface area contributed by atoms with Crippen LogP contribution < -0.4 is 10.4 Å². The number of nitrogens with zero attached hydrogens (tertiary/aromatic N) is 1. The molecule has 0 aliphatic rings. The number of benzene rings is 1. The van der Waals surface area contributed by atoms with Gasteiger partial charge < -0.3 is 5.11 Å². The smallest absolute Gasteiger partial charge is 0.310 e. The Kier molecular flexibility index (Phi) is 4.68. The fraction of sp³-hybridized carbons (Fsp3) is 0.357. The van der Waals surface area contributed by atoms with Crippen LogP contribution in [0.5, 0.6) is 0 Å². The lowest BCUT2D eigenvalue weighted by molar-refractivity contribution is -0.137. The molecule has 2 aromatic rings. The van der Waals surface area contributed by atoms with Crippen molar-refractivity contribution in [3.8, 4) is 0 Å². The molecule has 0 atom stereocenters. The van der Waals surface area contributed by atoms with Crippen molar-refractivity contribution >= 4 is 27.4 Å². The SMILES string of the molecule is O=C(O)CCCCCn1c(=O)sc2ccccc2c1=O. The minimum absolute atomic E-state index is 0.124. The molecule has 0 aliphatic carbocycles. The van der Waals surface area contributed by atoms with Gasteiger partial charge in [0.05, 0.1) is 5.39 Å². The average Bonchev–Trinajstić information content (AvgIpc) is 2.41. The van der Waals surface area contributed by atoms with E-state index in [1.54, 1.807) is 24.3 Å². The second kappa shape index (κ2) is 6.47. The van der Waals surface area contributed by atoms with E-state index >= 15 is 0 Å². The average molecular weight is 293 g/mol. The Morgan fingerprint density at radius 2 is 1.90 bits per heavy atom. The zero-order valence-corrected chi connectivity index (χ0v) is 11.7. The van der Waals surface area contributed by atoms with Crippen molar-refractivity contribution in [1.82, 2.24) is 4.57 Å². The van der Waals surface area contributed by atoms with Gasteiger partial charge in [0.2, 0.25) is 0 Å². The van der Waals surface area contributed by atoms with E-state index in [0.29, 0.717) is 35.9 Å². The summed E-state index contributed by atoms with van der Waals surface area (Å²) in [6, 6.07) is 7.06. The number of fused-ring (bicyclic) bond motifs is 1. The van der Waals surface area contributed by atoms with Gasteiger partial charge in [-0.15, -0.1) is 0 Å². The summed E-state index contributed by atoms with van der Waals surface area (Å²) < 4.78 is 1.94. The van der Waals surface area contributed by atoms with Gasteiger partial charge in [-0.25, -0.2) is 0 Å². The van der Waals surface area contributed by atoms with Crippen molar-refractivity contribution in [2.45, 2.75) is 32.2 Å². The monoisotopic (exact) mass is 293 g/mol. The molecule has 5 nitrogen and oxygen atoms in total. The predicted octanol–water partition coefficient (Wildman–Crippen LogP) is 2.07. The van der Waals surface area contributed by atoms with Gasteiger partial charge in [-0.1, -0.05) is 29.9 Å². The first-order chi connectivity index (χ1) is 9.59. The maximum absolute atomic E-state index is 12.2. The van der Waals surface area contributed by atoms with Crippen molar-refractivity contribution in [2.75, 3.05) is 0 Å². The molecule has 2 rings (SSSR count). The van der Waals surface area contributed by atoms with Gasteiger partial charge in [-0.05, 0) is 25.0 Å². The number of carboxylic acids is 1. The number of hydrogen-bond acceptors (Lipinski definition) is 4. The first kappa shape index (κ1) is 14.5. The quantitative estimate of drug-likeness (QED) is 0.827. The lowest BCUT2D eigenvalue weighted by Crippen LogP contribution is -2.31. The lowest BCUT2D eigenvalue weighted by atomic mass is 10.2. The summed E-state index contributed by atoms with van der Waals surface area (Å²) in [5, 5.41) is 9.09. The minimum atomic E-state index is -0.820. The van der Waals surface area contributed by atoms with Gasteiger partial charge in [0.15, 0.2) is 0 Å². The van der Waals surface area contributed by atoms with Crippen LogP contribution in [0.25, 0.3) is 10.1 Å². The Morgan fingerprint density at radius 1 is 1.15 bits per heavy atom. The molecule has 1 heterocycles. The van der Waals surface area contributed by atoms with Crippen molar-refractivity contribution < 1.29 is 9.90 Å². The number of unbranched alkanes of at least 4 members (excludes halogenated alkanes) is 2. The Labute approximate surface area is 119 Å². The highest BCUT2D eigenvalue weighted by Gasteiger charge is 2.07. The molecular formula is C14H15NO4S. The maximum Gasteiger partial charge on any atom is 0.310 e. The molecule has 20 heavy (non-hydrogen) atoms. The summed E-state index contributed by atoms with van der Waals surface area (Å²) >= 11 is 1.06. The molecule has 0 fully saturated rings. The van der Waals surface area contributed by atoms with E-state index < -0.39 is 5.97 Å². The molecule has 0 radical (unpaired) electrons. The van der Waals surface area contributed by atoms with E-state index in [1.807, 2.05) is 0 Å². The molecule has 0 saturated heterocycles. The Balaban J connectivity index is 2.12. The molecule has 0 saturated carbocycles. The third-order valence-corrected chi connectivity index (χ3v) is 4.02. The molecule has 1 aromatic heterocycles. The summed E-state index contributed by atoms with van der Waals surface area (Å²) in [7, 11) is 0. The summed E-state index contributed by atoms with van der Waals surface area (Å²) in [6.07, 6.45) is 2.01. The molecular weight excluding hydrogens is 278 g/mol. The molecule has 106 valence electrons. The standard InChI is InChI=1S/C14H15NO4S/c16-12(17)8-2-1-5-9-15-13(18)10-6-3-4-7-11(10)20-14(15)19/h3-4,6-7H,1-2,5,8-9H2,(H,16,17). The normalized spacial score (nSPS) is 10.8. The van der Waals surface area contributed by atoms with Gasteiger partial charge in [0.25, 0.3) is 5.56 Å². The fourth-order valence-corrected chi connectivity index (χ4v) is 2.91. The highest BCUT2D eigenvalue weighted by Crippen LogP contribution is 2.11. The number of carbonyl (C=O) groups is 1. The van der Waals surface area contributed by atoms with Crippen LogP contribution in [0.2, 0.25) is 0 Å². The summed E-state index contributed by atoms with van der Waals surface area (Å²) in [4.78, 5) is 34.2. The summed E-state index contributed by atoms with van der Waals surface area (Å²) in [5.74, 6) is -0.820. The first-order valence-electron chi connectivity index (χ1n) is 6.44.